The van der Waals surface area contributed by atoms with Crippen LogP contribution in [-0.2, 0) is 4.79 Å². The van der Waals surface area contributed by atoms with Gasteiger partial charge in [0.25, 0.3) is 0 Å². The van der Waals surface area contributed by atoms with E-state index in [9.17, 15) is 4.79 Å². The van der Waals surface area contributed by atoms with Crippen molar-refractivity contribution < 1.29 is 4.79 Å². The Morgan fingerprint density at radius 2 is 2.00 bits per heavy atom. The minimum absolute atomic E-state index is 0.241. The molecular formula is C12H25N3O. The highest BCUT2D eigenvalue weighted by molar-refractivity contribution is 5.78. The lowest BCUT2D eigenvalue weighted by molar-refractivity contribution is -0.126. The van der Waals surface area contributed by atoms with Gasteiger partial charge >= 0.3 is 0 Å². The Hall–Kier alpha value is -0.610. The first kappa shape index (κ1) is 13.5. The lowest BCUT2D eigenvalue weighted by atomic mass is 9.96. The number of amides is 1. The van der Waals surface area contributed by atoms with E-state index in [4.69, 9.17) is 5.73 Å². The summed E-state index contributed by atoms with van der Waals surface area (Å²) in [6, 6.07) is 0. The summed E-state index contributed by atoms with van der Waals surface area (Å²) >= 11 is 0. The fourth-order valence-electron chi connectivity index (χ4n) is 2.07. The molecule has 0 unspecified atom stereocenters. The van der Waals surface area contributed by atoms with Crippen LogP contribution in [0.4, 0.5) is 0 Å². The second kappa shape index (κ2) is 7.63. The van der Waals surface area contributed by atoms with Crippen LogP contribution in [0.25, 0.3) is 0 Å². The summed E-state index contributed by atoms with van der Waals surface area (Å²) in [5.41, 5.74) is 5.41. The number of hydrogen-bond donors (Lipinski definition) is 2. The molecule has 1 aliphatic rings. The van der Waals surface area contributed by atoms with Crippen molar-refractivity contribution in [3.63, 3.8) is 0 Å². The Bertz CT molecular complexity index is 200. The molecular weight excluding hydrogens is 202 g/mol. The van der Waals surface area contributed by atoms with Gasteiger partial charge in [-0.2, -0.15) is 0 Å². The summed E-state index contributed by atoms with van der Waals surface area (Å²) in [6.07, 6.45) is 5.24. The first-order valence-electron chi connectivity index (χ1n) is 6.40. The maximum absolute atomic E-state index is 11.8. The van der Waals surface area contributed by atoms with Gasteiger partial charge in [-0.1, -0.05) is 6.42 Å². The molecule has 0 aromatic rings. The predicted octanol–water partition coefficient (Wildman–Crippen LogP) is 0.573. The molecule has 94 valence electrons. The van der Waals surface area contributed by atoms with E-state index in [0.29, 0.717) is 0 Å². The summed E-state index contributed by atoms with van der Waals surface area (Å²) in [4.78, 5) is 14.1. The molecule has 1 amide bonds. The number of likely N-dealkylation sites (tertiary alicyclic amines) is 1. The second-order valence-corrected chi connectivity index (χ2v) is 4.72. The van der Waals surface area contributed by atoms with Crippen molar-refractivity contribution in [2.45, 2.75) is 32.1 Å². The smallest absolute Gasteiger partial charge is 0.223 e. The van der Waals surface area contributed by atoms with E-state index >= 15 is 0 Å². The Morgan fingerprint density at radius 1 is 1.31 bits per heavy atom. The van der Waals surface area contributed by atoms with Crippen molar-refractivity contribution in [2.75, 3.05) is 33.2 Å². The quantitative estimate of drug-likeness (QED) is 0.652. The summed E-state index contributed by atoms with van der Waals surface area (Å²) in [5.74, 6) is 0.492. The fourth-order valence-corrected chi connectivity index (χ4v) is 2.07. The lowest BCUT2D eigenvalue weighted by Crippen LogP contribution is -2.39. The Morgan fingerprint density at radius 3 is 2.62 bits per heavy atom. The summed E-state index contributed by atoms with van der Waals surface area (Å²) in [5, 5.41) is 3.03. The zero-order valence-electron chi connectivity index (χ0n) is 10.4. The van der Waals surface area contributed by atoms with Gasteiger partial charge in [-0.15, -0.1) is 0 Å². The molecule has 0 radical (unpaired) electrons. The Labute approximate surface area is 98.6 Å². The van der Waals surface area contributed by atoms with Crippen LogP contribution in [0.15, 0.2) is 0 Å². The number of nitrogens with one attached hydrogen (secondary N) is 1. The molecule has 0 aromatic carbocycles. The van der Waals surface area contributed by atoms with Gasteiger partial charge in [0.15, 0.2) is 0 Å². The molecule has 4 nitrogen and oxygen atoms in total. The number of nitrogens with two attached hydrogens (primary N) is 1. The minimum Gasteiger partial charge on any atom is -0.356 e. The molecule has 0 saturated carbocycles. The molecule has 0 spiro atoms. The van der Waals surface area contributed by atoms with Crippen LogP contribution in [0.5, 0.6) is 0 Å². The van der Waals surface area contributed by atoms with Crippen LogP contribution in [0.2, 0.25) is 0 Å². The van der Waals surface area contributed by atoms with Crippen LogP contribution < -0.4 is 11.1 Å². The largest absolute Gasteiger partial charge is 0.356 e. The SMILES string of the molecule is CN1CCC(C(=O)NCCCCCN)CC1. The van der Waals surface area contributed by atoms with E-state index in [1.807, 2.05) is 0 Å². The van der Waals surface area contributed by atoms with Gasteiger partial charge in [0.1, 0.15) is 0 Å². The highest BCUT2D eigenvalue weighted by atomic mass is 16.1. The number of piperidine rings is 1. The fraction of sp³-hybridized carbons (Fsp3) is 0.917. The van der Waals surface area contributed by atoms with Gasteiger partial charge in [-0.3, -0.25) is 4.79 Å². The van der Waals surface area contributed by atoms with Gasteiger partial charge < -0.3 is 16.0 Å². The number of carbonyl (C=O) groups is 1. The molecule has 16 heavy (non-hydrogen) atoms. The molecule has 3 N–H and O–H groups in total. The number of nitrogens with zero attached hydrogens (tertiary/aromatic N) is 1. The molecule has 4 heteroatoms. The number of rotatable bonds is 6. The van der Waals surface area contributed by atoms with Crippen LogP contribution in [0.3, 0.4) is 0 Å². The topological polar surface area (TPSA) is 58.4 Å². The normalized spacial score (nSPS) is 18.6. The lowest BCUT2D eigenvalue weighted by Gasteiger charge is -2.28. The van der Waals surface area contributed by atoms with Crippen molar-refractivity contribution in [3.05, 3.63) is 0 Å². The summed E-state index contributed by atoms with van der Waals surface area (Å²) in [6.45, 7) is 3.66. The first-order valence-corrected chi connectivity index (χ1v) is 6.40. The number of carbonyl (C=O) groups excluding carboxylic acids is 1. The van der Waals surface area contributed by atoms with Crippen molar-refractivity contribution in [1.82, 2.24) is 10.2 Å². The summed E-state index contributed by atoms with van der Waals surface area (Å²) < 4.78 is 0. The molecule has 1 aliphatic heterocycles. The maximum Gasteiger partial charge on any atom is 0.223 e. The van der Waals surface area contributed by atoms with E-state index in [2.05, 4.69) is 17.3 Å². The monoisotopic (exact) mass is 227 g/mol. The zero-order chi connectivity index (χ0) is 11.8. The third kappa shape index (κ3) is 4.94. The Kier molecular flexibility index (Phi) is 6.42. The van der Waals surface area contributed by atoms with Crippen molar-refractivity contribution >= 4 is 5.91 Å². The third-order valence-electron chi connectivity index (χ3n) is 3.27. The van der Waals surface area contributed by atoms with E-state index in [1.165, 1.54) is 0 Å². The van der Waals surface area contributed by atoms with Crippen LogP contribution >= 0.6 is 0 Å². The van der Waals surface area contributed by atoms with Gasteiger partial charge in [0.05, 0.1) is 0 Å². The maximum atomic E-state index is 11.8. The molecule has 1 saturated heterocycles. The highest BCUT2D eigenvalue weighted by Gasteiger charge is 2.22. The van der Waals surface area contributed by atoms with Crippen molar-refractivity contribution in [2.24, 2.45) is 11.7 Å². The molecule has 1 fully saturated rings. The molecule has 0 atom stereocenters. The average molecular weight is 227 g/mol. The van der Waals surface area contributed by atoms with Crippen LogP contribution in [0.1, 0.15) is 32.1 Å². The minimum atomic E-state index is 0.241. The third-order valence-corrected chi connectivity index (χ3v) is 3.27. The summed E-state index contributed by atoms with van der Waals surface area (Å²) in [7, 11) is 2.11. The number of hydrogen-bond acceptors (Lipinski definition) is 3. The molecule has 1 heterocycles. The molecule has 0 aromatic heterocycles. The number of unbranched alkanes of at least 4 members (excludes halogenated alkanes) is 2. The second-order valence-electron chi connectivity index (χ2n) is 4.72. The average Bonchev–Trinajstić information content (AvgIpc) is 2.29. The van der Waals surface area contributed by atoms with Crippen LogP contribution in [0, 0.1) is 5.92 Å². The van der Waals surface area contributed by atoms with Crippen LogP contribution in [-0.4, -0.2) is 44.0 Å². The van der Waals surface area contributed by atoms with Gasteiger partial charge in [0, 0.05) is 12.5 Å². The van der Waals surface area contributed by atoms with E-state index in [1.54, 1.807) is 0 Å². The molecule has 1 rings (SSSR count). The van der Waals surface area contributed by atoms with Gasteiger partial charge in [0.2, 0.25) is 5.91 Å². The van der Waals surface area contributed by atoms with Crippen molar-refractivity contribution in [3.8, 4) is 0 Å². The van der Waals surface area contributed by atoms with E-state index in [-0.39, 0.29) is 11.8 Å². The van der Waals surface area contributed by atoms with E-state index in [0.717, 1.165) is 58.3 Å². The Balaban J connectivity index is 2.06. The first-order chi connectivity index (χ1) is 7.74. The van der Waals surface area contributed by atoms with Gasteiger partial charge in [-0.05, 0) is 52.4 Å². The highest BCUT2D eigenvalue weighted by Crippen LogP contribution is 2.15. The standard InChI is InChI=1S/C12H25N3O/c1-15-9-5-11(6-10-15)12(16)14-8-4-2-3-7-13/h11H,2-10,13H2,1H3,(H,14,16). The zero-order valence-corrected chi connectivity index (χ0v) is 10.4. The molecule has 0 aliphatic carbocycles. The van der Waals surface area contributed by atoms with E-state index < -0.39 is 0 Å². The molecule has 0 bridgehead atoms. The van der Waals surface area contributed by atoms with Crippen molar-refractivity contribution in [1.29, 1.82) is 0 Å². The van der Waals surface area contributed by atoms with Gasteiger partial charge in [-0.25, -0.2) is 0 Å². The predicted molar refractivity (Wildman–Crippen MR) is 66.1 cm³/mol.